The van der Waals surface area contributed by atoms with Crippen molar-refractivity contribution in [2.45, 2.75) is 32.6 Å². The molecule has 4 nitrogen and oxygen atoms in total. The standard InChI is InChI=1S/C19H19NO3/c1-19(2)8-12-16(14(21)9-19)15(11-6-4-3-5-7-11)17-13(20-12)10-23-18(17)22/h3-7,15-16H,8-10H2,1-2H3. The zero-order chi connectivity index (χ0) is 16.2. The van der Waals surface area contributed by atoms with Crippen molar-refractivity contribution in [2.75, 3.05) is 6.61 Å². The maximum absolute atomic E-state index is 12.9. The molecule has 1 aromatic carbocycles. The molecule has 0 aromatic heterocycles. The quantitative estimate of drug-likeness (QED) is 0.749. The average Bonchev–Trinajstić information content (AvgIpc) is 2.86. The third kappa shape index (κ3) is 2.24. The molecule has 2 unspecified atom stereocenters. The summed E-state index contributed by atoms with van der Waals surface area (Å²) < 4.78 is 5.21. The Bertz CT molecular complexity index is 758. The van der Waals surface area contributed by atoms with Gasteiger partial charge in [0.2, 0.25) is 0 Å². The maximum atomic E-state index is 12.9. The molecular weight excluding hydrogens is 290 g/mol. The monoisotopic (exact) mass is 309 g/mol. The molecule has 2 atom stereocenters. The van der Waals surface area contributed by atoms with E-state index in [-0.39, 0.29) is 35.6 Å². The van der Waals surface area contributed by atoms with Crippen molar-refractivity contribution in [1.82, 2.24) is 0 Å². The summed E-state index contributed by atoms with van der Waals surface area (Å²) in [4.78, 5) is 29.8. The topological polar surface area (TPSA) is 55.7 Å². The van der Waals surface area contributed by atoms with Crippen LogP contribution in [0.15, 0.2) is 46.6 Å². The zero-order valence-corrected chi connectivity index (χ0v) is 13.3. The smallest absolute Gasteiger partial charge is 0.337 e. The lowest BCUT2D eigenvalue weighted by atomic mass is 9.63. The van der Waals surface area contributed by atoms with E-state index >= 15 is 0 Å². The number of carbonyl (C=O) groups excluding carboxylic acids is 2. The van der Waals surface area contributed by atoms with Gasteiger partial charge in [0, 0.05) is 18.1 Å². The number of hydrogen-bond donors (Lipinski definition) is 0. The number of ether oxygens (including phenoxy) is 1. The number of cyclic esters (lactones) is 1. The van der Waals surface area contributed by atoms with Crippen molar-refractivity contribution in [3.8, 4) is 0 Å². The number of nitrogens with zero attached hydrogens (tertiary/aromatic N) is 1. The van der Waals surface area contributed by atoms with E-state index in [0.29, 0.717) is 17.7 Å². The molecule has 1 fully saturated rings. The number of Topliss-reactive ketones (excluding diaryl/α,β-unsaturated/α-hetero) is 1. The molecule has 1 saturated carbocycles. The summed E-state index contributed by atoms with van der Waals surface area (Å²) in [5.74, 6) is -0.721. The molecule has 1 aliphatic carbocycles. The number of ketones is 1. The zero-order valence-electron chi connectivity index (χ0n) is 13.3. The van der Waals surface area contributed by atoms with Crippen molar-refractivity contribution in [3.63, 3.8) is 0 Å². The number of aliphatic imine (C=N–C) groups is 1. The Morgan fingerprint density at radius 2 is 1.83 bits per heavy atom. The van der Waals surface area contributed by atoms with Crippen molar-refractivity contribution < 1.29 is 14.3 Å². The van der Waals surface area contributed by atoms with Crippen molar-refractivity contribution >= 4 is 17.5 Å². The van der Waals surface area contributed by atoms with Gasteiger partial charge in [-0.3, -0.25) is 9.79 Å². The average molecular weight is 309 g/mol. The van der Waals surface area contributed by atoms with E-state index in [0.717, 1.165) is 17.7 Å². The molecule has 2 aliphatic heterocycles. The van der Waals surface area contributed by atoms with Gasteiger partial charge < -0.3 is 4.74 Å². The number of fused-ring (bicyclic) bond motifs is 1. The first-order chi connectivity index (χ1) is 11.0. The van der Waals surface area contributed by atoms with Crippen LogP contribution in [0.2, 0.25) is 0 Å². The van der Waals surface area contributed by atoms with Gasteiger partial charge in [-0.05, 0) is 17.4 Å². The SMILES string of the molecule is CC1(C)CC(=O)C2C(=NC3=C(C(=O)OC3)C2c2ccccc2)C1. The van der Waals surface area contributed by atoms with Gasteiger partial charge in [0.05, 0.1) is 17.2 Å². The molecule has 118 valence electrons. The number of rotatable bonds is 1. The first kappa shape index (κ1) is 14.4. The molecule has 0 spiro atoms. The fourth-order valence-corrected chi connectivity index (χ4v) is 4.08. The molecular formula is C19H19NO3. The van der Waals surface area contributed by atoms with Crippen LogP contribution in [0.4, 0.5) is 0 Å². The van der Waals surface area contributed by atoms with E-state index < -0.39 is 0 Å². The second kappa shape index (κ2) is 4.88. The third-order valence-electron chi connectivity index (χ3n) is 4.97. The number of benzene rings is 1. The van der Waals surface area contributed by atoms with Crippen LogP contribution in [-0.4, -0.2) is 24.1 Å². The lowest BCUT2D eigenvalue weighted by molar-refractivity contribution is -0.136. The summed E-state index contributed by atoms with van der Waals surface area (Å²) >= 11 is 0. The van der Waals surface area contributed by atoms with Crippen LogP contribution in [0.25, 0.3) is 0 Å². The second-order valence-corrected chi connectivity index (χ2v) is 7.39. The Balaban J connectivity index is 1.88. The van der Waals surface area contributed by atoms with Crippen LogP contribution in [-0.2, 0) is 14.3 Å². The number of esters is 1. The van der Waals surface area contributed by atoms with Gasteiger partial charge in [-0.15, -0.1) is 0 Å². The van der Waals surface area contributed by atoms with Crippen molar-refractivity contribution in [2.24, 2.45) is 16.3 Å². The Hall–Kier alpha value is -2.23. The van der Waals surface area contributed by atoms with Crippen LogP contribution in [0.3, 0.4) is 0 Å². The summed E-state index contributed by atoms with van der Waals surface area (Å²) in [6.07, 6.45) is 1.31. The minimum absolute atomic E-state index is 0.0742. The molecule has 0 N–H and O–H groups in total. The Kier molecular flexibility index (Phi) is 3.05. The molecule has 4 rings (SSSR count). The van der Waals surface area contributed by atoms with Crippen LogP contribution < -0.4 is 0 Å². The fourth-order valence-electron chi connectivity index (χ4n) is 4.08. The fraction of sp³-hybridized carbons (Fsp3) is 0.421. The number of hydrogen-bond acceptors (Lipinski definition) is 4. The summed E-state index contributed by atoms with van der Waals surface area (Å²) in [6, 6.07) is 9.79. The summed E-state index contributed by atoms with van der Waals surface area (Å²) in [5.41, 5.74) is 3.12. The molecule has 2 heterocycles. The Morgan fingerprint density at radius 1 is 1.09 bits per heavy atom. The molecule has 23 heavy (non-hydrogen) atoms. The summed E-state index contributed by atoms with van der Waals surface area (Å²) in [5, 5.41) is 0. The highest BCUT2D eigenvalue weighted by atomic mass is 16.5. The van der Waals surface area contributed by atoms with Gasteiger partial charge in [-0.25, -0.2) is 4.79 Å². The van der Waals surface area contributed by atoms with Gasteiger partial charge in [0.1, 0.15) is 12.4 Å². The summed E-state index contributed by atoms with van der Waals surface area (Å²) in [7, 11) is 0. The molecule has 3 aliphatic rings. The highest BCUT2D eigenvalue weighted by Gasteiger charge is 2.49. The number of carbonyl (C=O) groups is 2. The van der Waals surface area contributed by atoms with Crippen LogP contribution >= 0.6 is 0 Å². The summed E-state index contributed by atoms with van der Waals surface area (Å²) in [6.45, 7) is 4.42. The lowest BCUT2D eigenvalue weighted by Gasteiger charge is -2.40. The molecule has 0 radical (unpaired) electrons. The Labute approximate surface area is 135 Å². The van der Waals surface area contributed by atoms with Crippen LogP contribution in [0, 0.1) is 11.3 Å². The third-order valence-corrected chi connectivity index (χ3v) is 4.97. The molecule has 0 bridgehead atoms. The van der Waals surface area contributed by atoms with Crippen LogP contribution in [0.5, 0.6) is 0 Å². The minimum Gasteiger partial charge on any atom is -0.456 e. The van der Waals surface area contributed by atoms with E-state index in [1.807, 2.05) is 30.3 Å². The van der Waals surface area contributed by atoms with Gasteiger partial charge in [0.15, 0.2) is 0 Å². The molecule has 4 heteroatoms. The van der Waals surface area contributed by atoms with E-state index in [2.05, 4.69) is 18.8 Å². The minimum atomic E-state index is -0.325. The van der Waals surface area contributed by atoms with Crippen molar-refractivity contribution in [3.05, 3.63) is 47.2 Å². The van der Waals surface area contributed by atoms with E-state index in [9.17, 15) is 9.59 Å². The highest BCUT2D eigenvalue weighted by molar-refractivity contribution is 6.12. The van der Waals surface area contributed by atoms with Gasteiger partial charge in [0.25, 0.3) is 0 Å². The predicted octanol–water partition coefficient (Wildman–Crippen LogP) is 3.04. The largest absolute Gasteiger partial charge is 0.456 e. The van der Waals surface area contributed by atoms with E-state index in [4.69, 9.17) is 4.74 Å². The first-order valence-corrected chi connectivity index (χ1v) is 8.01. The first-order valence-electron chi connectivity index (χ1n) is 8.01. The molecule has 0 saturated heterocycles. The van der Waals surface area contributed by atoms with E-state index in [1.165, 1.54) is 0 Å². The lowest BCUT2D eigenvalue weighted by Crippen LogP contribution is -2.43. The van der Waals surface area contributed by atoms with E-state index in [1.54, 1.807) is 0 Å². The molecule has 0 amide bonds. The van der Waals surface area contributed by atoms with Crippen molar-refractivity contribution in [1.29, 1.82) is 0 Å². The normalized spacial score (nSPS) is 28.9. The van der Waals surface area contributed by atoms with Gasteiger partial charge in [-0.2, -0.15) is 0 Å². The highest BCUT2D eigenvalue weighted by Crippen LogP contribution is 2.48. The van der Waals surface area contributed by atoms with Crippen LogP contribution in [0.1, 0.15) is 38.2 Å². The Morgan fingerprint density at radius 3 is 2.57 bits per heavy atom. The maximum Gasteiger partial charge on any atom is 0.337 e. The second-order valence-electron chi connectivity index (χ2n) is 7.39. The van der Waals surface area contributed by atoms with Gasteiger partial charge in [-0.1, -0.05) is 44.2 Å². The predicted molar refractivity (Wildman–Crippen MR) is 86.1 cm³/mol. The van der Waals surface area contributed by atoms with Gasteiger partial charge >= 0.3 is 5.97 Å². The molecule has 1 aromatic rings.